The zero-order valence-electron chi connectivity index (χ0n) is 6.60. The second-order valence-electron chi connectivity index (χ2n) is 2.08. The molecule has 0 N–H and O–H groups in total. The Labute approximate surface area is 97.9 Å². The summed E-state index contributed by atoms with van der Waals surface area (Å²) in [6.07, 6.45) is 0. The van der Waals surface area contributed by atoms with Crippen LogP contribution in [-0.2, 0) is 38.8 Å². The first-order valence-corrected chi connectivity index (χ1v) is 3.86. The van der Waals surface area contributed by atoms with Crippen LogP contribution in [0.1, 0.15) is 0 Å². The van der Waals surface area contributed by atoms with E-state index in [1.54, 1.807) is 0 Å². The van der Waals surface area contributed by atoms with Crippen molar-refractivity contribution < 1.29 is 26.2 Å². The Bertz CT molecular complexity index is 228. The van der Waals surface area contributed by atoms with Crippen molar-refractivity contribution in [2.45, 2.75) is 4.90 Å². The topological polar surface area (TPSA) is 0 Å². The maximum Gasteiger partial charge on any atom is 3.00 e. The zero-order valence-corrected chi connectivity index (χ0v) is 9.88. The average molecular weight is 252 g/mol. The van der Waals surface area contributed by atoms with Gasteiger partial charge in [0.2, 0.25) is 0 Å². The monoisotopic (exact) mass is 251 g/mol. The van der Waals surface area contributed by atoms with Gasteiger partial charge in [0.15, 0.2) is 0 Å². The number of rotatable bonds is 0. The van der Waals surface area contributed by atoms with Crippen molar-refractivity contribution in [1.82, 2.24) is 0 Å². The van der Waals surface area contributed by atoms with E-state index in [1.165, 1.54) is 0 Å². The van der Waals surface area contributed by atoms with Gasteiger partial charge in [-0.3, -0.25) is 4.90 Å². The first kappa shape index (κ1) is 11.8. The fourth-order valence-electron chi connectivity index (χ4n) is 0.677. The van der Waals surface area contributed by atoms with Gasteiger partial charge in [0.05, 0.1) is 0 Å². The normalized spacial score (nSPS) is 7.67. The van der Waals surface area contributed by atoms with E-state index in [1.807, 2.05) is 54.6 Å². The SMILES string of the molecule is [S-][c-]1cccc1.[Zr+3].c1cc[cH-]c1. The minimum Gasteiger partial charge on any atom is -0.859 e. The van der Waals surface area contributed by atoms with Gasteiger partial charge in [0.25, 0.3) is 0 Å². The van der Waals surface area contributed by atoms with Gasteiger partial charge in [-0.1, -0.05) is 0 Å². The molecule has 0 saturated heterocycles. The van der Waals surface area contributed by atoms with Gasteiger partial charge in [0, 0.05) is 0 Å². The van der Waals surface area contributed by atoms with E-state index < -0.39 is 0 Å². The molecule has 0 aliphatic carbocycles. The van der Waals surface area contributed by atoms with E-state index in [-0.39, 0.29) is 26.2 Å². The molecule has 0 spiro atoms. The Hall–Kier alpha value is -0.197. The molecule has 59 valence electrons. The second-order valence-corrected chi connectivity index (χ2v) is 2.55. The zero-order chi connectivity index (χ0) is 7.94. The first-order valence-electron chi connectivity index (χ1n) is 3.45. The van der Waals surface area contributed by atoms with Crippen molar-refractivity contribution in [3.63, 3.8) is 0 Å². The Morgan fingerprint density at radius 3 is 1.58 bits per heavy atom. The molecule has 0 bridgehead atoms. The maximum absolute atomic E-state index is 4.75. The second kappa shape index (κ2) is 7.45. The summed E-state index contributed by atoms with van der Waals surface area (Å²) in [5, 5.41) is 0. The van der Waals surface area contributed by atoms with Gasteiger partial charge < -0.3 is 12.6 Å². The molecule has 0 aliphatic rings. The molecule has 2 rings (SSSR count). The van der Waals surface area contributed by atoms with Crippen molar-refractivity contribution in [2.24, 2.45) is 0 Å². The third-order valence-electron chi connectivity index (χ3n) is 1.19. The van der Waals surface area contributed by atoms with Crippen LogP contribution in [-0.4, -0.2) is 0 Å². The molecular formula is C10H9SZr. The van der Waals surface area contributed by atoms with E-state index in [4.69, 9.17) is 12.6 Å². The summed E-state index contributed by atoms with van der Waals surface area (Å²) in [6, 6.07) is 17.7. The molecule has 12 heavy (non-hydrogen) atoms. The van der Waals surface area contributed by atoms with Crippen molar-refractivity contribution in [3.05, 3.63) is 54.6 Å². The van der Waals surface area contributed by atoms with Gasteiger partial charge >= 0.3 is 26.2 Å². The molecule has 0 unspecified atom stereocenters. The molecule has 1 radical (unpaired) electrons. The molecule has 0 saturated carbocycles. The molecule has 0 fully saturated rings. The van der Waals surface area contributed by atoms with Crippen molar-refractivity contribution >= 4 is 12.6 Å². The Balaban J connectivity index is 0.000000189. The van der Waals surface area contributed by atoms with Crippen LogP contribution in [0.25, 0.3) is 0 Å². The van der Waals surface area contributed by atoms with Crippen LogP contribution in [0.2, 0.25) is 0 Å². The average Bonchev–Trinajstić information content (AvgIpc) is 2.57. The van der Waals surface area contributed by atoms with Crippen LogP contribution in [0, 0.1) is 0 Å². The molecule has 0 aliphatic heterocycles. The predicted molar refractivity (Wildman–Crippen MR) is 49.7 cm³/mol. The molecule has 2 heteroatoms. The predicted octanol–water partition coefficient (Wildman–Crippen LogP) is 2.71. The Kier molecular flexibility index (Phi) is 7.33. The Morgan fingerprint density at radius 1 is 0.917 bits per heavy atom. The third-order valence-corrected chi connectivity index (χ3v) is 1.46. The van der Waals surface area contributed by atoms with Crippen LogP contribution in [0.4, 0.5) is 0 Å². The van der Waals surface area contributed by atoms with Gasteiger partial charge in [-0.15, -0.1) is 0 Å². The molecule has 0 aromatic heterocycles. The van der Waals surface area contributed by atoms with E-state index in [0.717, 1.165) is 4.90 Å². The van der Waals surface area contributed by atoms with E-state index >= 15 is 0 Å². The summed E-state index contributed by atoms with van der Waals surface area (Å²) in [7, 11) is 0. The summed E-state index contributed by atoms with van der Waals surface area (Å²) in [6.45, 7) is 0. The van der Waals surface area contributed by atoms with Crippen molar-refractivity contribution in [3.8, 4) is 0 Å². The summed E-state index contributed by atoms with van der Waals surface area (Å²) in [5.74, 6) is 0. The van der Waals surface area contributed by atoms with Gasteiger partial charge in [0.1, 0.15) is 0 Å². The third kappa shape index (κ3) is 5.45. The first-order chi connectivity index (χ1) is 5.39. The molecule has 0 nitrogen and oxygen atoms in total. The largest absolute Gasteiger partial charge is 3.00 e. The van der Waals surface area contributed by atoms with E-state index in [0.29, 0.717) is 0 Å². The molecule has 2 aromatic rings. The van der Waals surface area contributed by atoms with Gasteiger partial charge in [-0.25, -0.2) is 36.4 Å². The quantitative estimate of drug-likeness (QED) is 0.513. The number of hydrogen-bond donors (Lipinski definition) is 0. The number of hydrogen-bond acceptors (Lipinski definition) is 1. The summed E-state index contributed by atoms with van der Waals surface area (Å²) in [4.78, 5) is 0.926. The van der Waals surface area contributed by atoms with Crippen molar-refractivity contribution in [2.75, 3.05) is 0 Å². The Morgan fingerprint density at radius 2 is 1.42 bits per heavy atom. The van der Waals surface area contributed by atoms with Gasteiger partial charge in [-0.2, -0.15) is 18.2 Å². The summed E-state index contributed by atoms with van der Waals surface area (Å²) >= 11 is 4.75. The van der Waals surface area contributed by atoms with E-state index in [9.17, 15) is 0 Å². The standard InChI is InChI=1S/C5H4S.C5H5.Zr/c6-5-3-1-2-4-5;1-2-4-5-3-1;/h1-4H;1-5H;/q-2;-1;+3. The van der Waals surface area contributed by atoms with E-state index in [2.05, 4.69) is 0 Å². The molecule has 0 amide bonds. The van der Waals surface area contributed by atoms with Gasteiger partial charge in [-0.05, 0) is 0 Å². The minimum absolute atomic E-state index is 0. The summed E-state index contributed by atoms with van der Waals surface area (Å²) in [5.41, 5.74) is 0. The smallest absolute Gasteiger partial charge is 0.859 e. The fraction of sp³-hybridized carbons (Fsp3) is 0. The van der Waals surface area contributed by atoms with Crippen LogP contribution in [0.3, 0.4) is 0 Å². The van der Waals surface area contributed by atoms with Crippen LogP contribution >= 0.6 is 0 Å². The fourth-order valence-corrected chi connectivity index (χ4v) is 0.834. The molecule has 2 aromatic carbocycles. The van der Waals surface area contributed by atoms with Crippen LogP contribution in [0.15, 0.2) is 59.5 Å². The maximum atomic E-state index is 4.75. The van der Waals surface area contributed by atoms with Crippen molar-refractivity contribution in [1.29, 1.82) is 0 Å². The summed E-state index contributed by atoms with van der Waals surface area (Å²) < 4.78 is 0. The van der Waals surface area contributed by atoms with Crippen LogP contribution < -0.4 is 0 Å². The molecule has 0 atom stereocenters. The molecule has 0 heterocycles. The van der Waals surface area contributed by atoms with Crippen LogP contribution in [0.5, 0.6) is 0 Å². The minimum atomic E-state index is 0. The molecular weight excluding hydrogens is 243 g/mol.